The van der Waals surface area contributed by atoms with Gasteiger partial charge in [0.25, 0.3) is 0 Å². The summed E-state index contributed by atoms with van der Waals surface area (Å²) in [5.41, 5.74) is 5.66. The maximum absolute atomic E-state index is 4.14. The zero-order valence-electron chi connectivity index (χ0n) is 15.1. The molecule has 0 spiro atoms. The van der Waals surface area contributed by atoms with Crippen LogP contribution in [0.1, 0.15) is 86.0 Å². The zero-order valence-corrected chi connectivity index (χ0v) is 15.1. The van der Waals surface area contributed by atoms with Crippen molar-refractivity contribution in [3.63, 3.8) is 0 Å². The van der Waals surface area contributed by atoms with Crippen LogP contribution in [0.2, 0.25) is 0 Å². The molecule has 0 bridgehead atoms. The lowest BCUT2D eigenvalue weighted by atomic mass is 10.0. The highest BCUT2D eigenvalue weighted by molar-refractivity contribution is 5.28. The Labute approximate surface area is 133 Å². The SMILES string of the molecule is C=C(CC)C(=CCCCC=C(C)C(C)=CCCCC)CC. The highest BCUT2D eigenvalue weighted by Gasteiger charge is 1.97. The Balaban J connectivity index is 4.17. The van der Waals surface area contributed by atoms with Gasteiger partial charge in [-0.1, -0.05) is 75.1 Å². The topological polar surface area (TPSA) is 0 Å². The first-order valence-corrected chi connectivity index (χ1v) is 8.77. The summed E-state index contributed by atoms with van der Waals surface area (Å²) in [5.74, 6) is 0. The highest BCUT2D eigenvalue weighted by Crippen LogP contribution is 2.17. The molecule has 0 saturated heterocycles. The van der Waals surface area contributed by atoms with E-state index in [1.54, 1.807) is 0 Å². The van der Waals surface area contributed by atoms with Gasteiger partial charge >= 0.3 is 0 Å². The molecule has 0 aliphatic carbocycles. The minimum Gasteiger partial charge on any atom is -0.0956 e. The number of unbranched alkanes of at least 4 members (excludes halogenated alkanes) is 4. The summed E-state index contributed by atoms with van der Waals surface area (Å²) >= 11 is 0. The summed E-state index contributed by atoms with van der Waals surface area (Å²) in [5, 5.41) is 0. The first-order valence-electron chi connectivity index (χ1n) is 8.77. The first-order chi connectivity index (χ1) is 10.1. The van der Waals surface area contributed by atoms with Crippen molar-refractivity contribution in [3.05, 3.63) is 47.1 Å². The van der Waals surface area contributed by atoms with Crippen molar-refractivity contribution in [1.82, 2.24) is 0 Å². The Bertz CT molecular complexity index is 377. The smallest absolute Gasteiger partial charge is 0.0308 e. The lowest BCUT2D eigenvalue weighted by Crippen LogP contribution is -1.86. The predicted molar refractivity (Wildman–Crippen MR) is 98.7 cm³/mol. The maximum Gasteiger partial charge on any atom is -0.0308 e. The van der Waals surface area contributed by atoms with Crippen molar-refractivity contribution in [2.75, 3.05) is 0 Å². The minimum atomic E-state index is 1.07. The maximum atomic E-state index is 4.14. The zero-order chi connectivity index (χ0) is 16.1. The molecule has 0 aliphatic heterocycles. The van der Waals surface area contributed by atoms with Gasteiger partial charge in [-0.15, -0.1) is 0 Å². The first kappa shape index (κ1) is 20.0. The van der Waals surface area contributed by atoms with Crippen LogP contribution < -0.4 is 0 Å². The molecule has 0 aromatic carbocycles. The van der Waals surface area contributed by atoms with E-state index in [9.17, 15) is 0 Å². The van der Waals surface area contributed by atoms with Crippen LogP contribution in [-0.2, 0) is 0 Å². The Morgan fingerprint density at radius 2 is 1.29 bits per heavy atom. The van der Waals surface area contributed by atoms with Gasteiger partial charge in [0.15, 0.2) is 0 Å². The second-order valence-corrected chi connectivity index (χ2v) is 5.89. The molecular formula is C21H36. The monoisotopic (exact) mass is 288 g/mol. The lowest BCUT2D eigenvalue weighted by molar-refractivity contribution is 0.810. The van der Waals surface area contributed by atoms with Gasteiger partial charge in [0.1, 0.15) is 0 Å². The quantitative estimate of drug-likeness (QED) is 0.272. The lowest BCUT2D eigenvalue weighted by Gasteiger charge is -2.06. The number of hydrogen-bond acceptors (Lipinski definition) is 0. The van der Waals surface area contributed by atoms with Crippen molar-refractivity contribution in [2.45, 2.75) is 86.0 Å². The summed E-state index contributed by atoms with van der Waals surface area (Å²) < 4.78 is 0. The molecule has 120 valence electrons. The summed E-state index contributed by atoms with van der Waals surface area (Å²) in [6.07, 6.45) is 16.7. The van der Waals surface area contributed by atoms with E-state index in [1.165, 1.54) is 60.8 Å². The van der Waals surface area contributed by atoms with Gasteiger partial charge in [-0.05, 0) is 57.9 Å². The third kappa shape index (κ3) is 9.50. The van der Waals surface area contributed by atoms with E-state index in [2.05, 4.69) is 59.4 Å². The van der Waals surface area contributed by atoms with Crippen LogP contribution in [0.15, 0.2) is 47.1 Å². The molecule has 0 fully saturated rings. The molecule has 0 N–H and O–H groups in total. The summed E-state index contributed by atoms with van der Waals surface area (Å²) in [4.78, 5) is 0. The van der Waals surface area contributed by atoms with Gasteiger partial charge in [0, 0.05) is 0 Å². The number of hydrogen-bond donors (Lipinski definition) is 0. The molecule has 0 rings (SSSR count). The van der Waals surface area contributed by atoms with E-state index >= 15 is 0 Å². The van der Waals surface area contributed by atoms with E-state index < -0.39 is 0 Å². The molecule has 0 heteroatoms. The molecule has 0 amide bonds. The molecule has 0 saturated carbocycles. The van der Waals surface area contributed by atoms with Gasteiger partial charge in [0.2, 0.25) is 0 Å². The summed E-state index contributed by atoms with van der Waals surface area (Å²) in [7, 11) is 0. The van der Waals surface area contributed by atoms with Crippen LogP contribution in [0.5, 0.6) is 0 Å². The fourth-order valence-corrected chi connectivity index (χ4v) is 2.32. The van der Waals surface area contributed by atoms with Crippen LogP contribution in [0.4, 0.5) is 0 Å². The van der Waals surface area contributed by atoms with Crippen molar-refractivity contribution in [3.8, 4) is 0 Å². The molecular weight excluding hydrogens is 252 g/mol. The molecule has 0 radical (unpaired) electrons. The van der Waals surface area contributed by atoms with Crippen LogP contribution in [0, 0.1) is 0 Å². The molecule has 0 heterocycles. The number of allylic oxidation sites excluding steroid dienone is 7. The van der Waals surface area contributed by atoms with Crippen LogP contribution in [0.3, 0.4) is 0 Å². The number of rotatable bonds is 11. The summed E-state index contributed by atoms with van der Waals surface area (Å²) in [6, 6.07) is 0. The van der Waals surface area contributed by atoms with Crippen molar-refractivity contribution in [2.24, 2.45) is 0 Å². The molecule has 0 aromatic rings. The van der Waals surface area contributed by atoms with Crippen molar-refractivity contribution < 1.29 is 0 Å². The Morgan fingerprint density at radius 3 is 1.76 bits per heavy atom. The second-order valence-electron chi connectivity index (χ2n) is 5.89. The van der Waals surface area contributed by atoms with E-state index in [4.69, 9.17) is 0 Å². The largest absolute Gasteiger partial charge is 0.0956 e. The van der Waals surface area contributed by atoms with Gasteiger partial charge in [0.05, 0.1) is 0 Å². The fraction of sp³-hybridized carbons (Fsp3) is 0.619. The normalized spacial score (nSPS) is 13.7. The third-order valence-electron chi connectivity index (χ3n) is 4.14. The van der Waals surface area contributed by atoms with Crippen molar-refractivity contribution >= 4 is 0 Å². The van der Waals surface area contributed by atoms with E-state index in [-0.39, 0.29) is 0 Å². The molecule has 0 aromatic heterocycles. The van der Waals surface area contributed by atoms with E-state index in [1.807, 2.05) is 0 Å². The van der Waals surface area contributed by atoms with Crippen molar-refractivity contribution in [1.29, 1.82) is 0 Å². The molecule has 21 heavy (non-hydrogen) atoms. The van der Waals surface area contributed by atoms with E-state index in [0.717, 1.165) is 12.8 Å². The van der Waals surface area contributed by atoms with Crippen LogP contribution in [-0.4, -0.2) is 0 Å². The van der Waals surface area contributed by atoms with Gasteiger partial charge in [-0.25, -0.2) is 0 Å². The molecule has 0 aliphatic rings. The van der Waals surface area contributed by atoms with Crippen LogP contribution in [0.25, 0.3) is 0 Å². The minimum absolute atomic E-state index is 1.07. The Hall–Kier alpha value is -1.04. The predicted octanol–water partition coefficient (Wildman–Crippen LogP) is 7.54. The fourth-order valence-electron chi connectivity index (χ4n) is 2.32. The molecule has 0 nitrogen and oxygen atoms in total. The van der Waals surface area contributed by atoms with Gasteiger partial charge < -0.3 is 0 Å². The van der Waals surface area contributed by atoms with Gasteiger partial charge in [-0.3, -0.25) is 0 Å². The average Bonchev–Trinajstić information content (AvgIpc) is 2.49. The highest BCUT2D eigenvalue weighted by atomic mass is 14.0. The van der Waals surface area contributed by atoms with E-state index in [0.29, 0.717) is 0 Å². The third-order valence-corrected chi connectivity index (χ3v) is 4.14. The van der Waals surface area contributed by atoms with Gasteiger partial charge in [-0.2, -0.15) is 0 Å². The summed E-state index contributed by atoms with van der Waals surface area (Å²) in [6.45, 7) is 15.3. The Morgan fingerprint density at radius 1 is 0.762 bits per heavy atom. The second kappa shape index (κ2) is 12.7. The Kier molecular flexibility index (Phi) is 12.1. The standard InChI is InChI=1S/C21H36/c1-7-10-12-15-19(5)20(6)16-13-11-14-17-21(9-3)18(4)8-2/h15-17H,4,7-14H2,1-3,5-6H3. The molecule has 0 atom stereocenters. The average molecular weight is 289 g/mol. The molecule has 0 unspecified atom stereocenters. The van der Waals surface area contributed by atoms with Crippen LogP contribution >= 0.6 is 0 Å².